The Hall–Kier alpha value is -3.03. The number of carbonyl (C=O) groups excluding carboxylic acids is 2. The molecule has 8 nitrogen and oxygen atoms in total. The molecule has 0 spiro atoms. The summed E-state index contributed by atoms with van der Waals surface area (Å²) in [6, 6.07) is 8.18. The van der Waals surface area contributed by atoms with E-state index in [1.54, 1.807) is 52.1 Å². The highest BCUT2D eigenvalue weighted by Crippen LogP contribution is 2.27. The minimum atomic E-state index is -0.646. The fraction of sp³-hybridized carbons (Fsp3) is 0.353. The smallest absolute Gasteiger partial charge is 0.419 e. The number of aromatic nitrogens is 2. The Morgan fingerprint density at radius 1 is 1.12 bits per heavy atom. The molecule has 0 aliphatic heterocycles. The van der Waals surface area contributed by atoms with E-state index in [2.05, 4.69) is 10.2 Å². The van der Waals surface area contributed by atoms with Gasteiger partial charge in [-0.3, -0.25) is 5.10 Å². The van der Waals surface area contributed by atoms with Crippen molar-refractivity contribution < 1.29 is 23.8 Å². The number of rotatable bonds is 4. The number of carbonyl (C=O) groups is 2. The van der Waals surface area contributed by atoms with Crippen LogP contribution in [0.4, 0.5) is 16.3 Å². The second-order valence-corrected chi connectivity index (χ2v) is 6.15. The lowest BCUT2D eigenvalue weighted by molar-refractivity contribution is 0.00627. The molecule has 25 heavy (non-hydrogen) atoms. The van der Waals surface area contributed by atoms with E-state index in [4.69, 9.17) is 14.2 Å². The van der Waals surface area contributed by atoms with Crippen LogP contribution in [0.1, 0.15) is 31.3 Å². The number of hydrogen-bond acceptors (Lipinski definition) is 6. The molecule has 0 aliphatic rings. The van der Waals surface area contributed by atoms with Crippen molar-refractivity contribution in [1.82, 2.24) is 10.2 Å². The highest BCUT2D eigenvalue weighted by atomic mass is 16.6. The maximum absolute atomic E-state index is 12.2. The predicted molar refractivity (Wildman–Crippen MR) is 91.3 cm³/mol. The van der Waals surface area contributed by atoms with Crippen molar-refractivity contribution in [3.63, 3.8) is 0 Å². The van der Waals surface area contributed by atoms with Crippen molar-refractivity contribution in [2.75, 3.05) is 19.1 Å². The minimum Gasteiger partial charge on any atom is -0.497 e. The molecule has 0 unspecified atom stereocenters. The number of nitrogens with zero attached hydrogens (tertiary/aromatic N) is 2. The Kier molecular flexibility index (Phi) is 5.31. The number of H-pyrrole nitrogens is 1. The number of hydrogen-bond donors (Lipinski definition) is 1. The Balaban J connectivity index is 2.33. The molecule has 2 aromatic rings. The van der Waals surface area contributed by atoms with Crippen molar-refractivity contribution in [1.29, 1.82) is 0 Å². The molecule has 1 aromatic carbocycles. The van der Waals surface area contributed by atoms with E-state index >= 15 is 0 Å². The van der Waals surface area contributed by atoms with Gasteiger partial charge in [-0.2, -0.15) is 5.10 Å². The van der Waals surface area contributed by atoms with Crippen LogP contribution >= 0.6 is 0 Å². The quantitative estimate of drug-likeness (QED) is 0.853. The van der Waals surface area contributed by atoms with E-state index in [1.165, 1.54) is 18.1 Å². The minimum absolute atomic E-state index is 0.132. The summed E-state index contributed by atoms with van der Waals surface area (Å²) in [5.41, 5.74) is 0.00244. The standard InChI is InChI=1S/C17H21N3O5/c1-17(2,3)25-15(21)13-10-14(19-18-13)20(16(22)24-5)11-6-8-12(23-4)9-7-11/h6-10H,1-5H3,(H,18,19). The fourth-order valence-electron chi connectivity index (χ4n) is 2.02. The van der Waals surface area contributed by atoms with Crippen LogP contribution < -0.4 is 9.64 Å². The molecule has 0 aliphatic carbocycles. The van der Waals surface area contributed by atoms with Gasteiger partial charge in [0.25, 0.3) is 0 Å². The molecule has 1 amide bonds. The summed E-state index contributed by atoms with van der Waals surface area (Å²) in [7, 11) is 2.81. The van der Waals surface area contributed by atoms with Gasteiger partial charge in [0.1, 0.15) is 17.0 Å². The molecule has 134 valence electrons. The van der Waals surface area contributed by atoms with Gasteiger partial charge in [-0.15, -0.1) is 0 Å². The van der Waals surface area contributed by atoms with Crippen LogP contribution in [0.3, 0.4) is 0 Å². The molecular formula is C17H21N3O5. The van der Waals surface area contributed by atoms with Gasteiger partial charge in [0, 0.05) is 6.07 Å². The summed E-state index contributed by atoms with van der Waals surface area (Å²) in [5, 5.41) is 6.60. The summed E-state index contributed by atoms with van der Waals surface area (Å²) in [4.78, 5) is 25.5. The number of nitrogens with one attached hydrogen (secondary N) is 1. The molecule has 8 heteroatoms. The van der Waals surface area contributed by atoms with E-state index < -0.39 is 17.7 Å². The van der Waals surface area contributed by atoms with E-state index in [1.807, 2.05) is 0 Å². The zero-order valence-corrected chi connectivity index (χ0v) is 14.8. The average molecular weight is 347 g/mol. The molecule has 0 saturated heterocycles. The van der Waals surface area contributed by atoms with Gasteiger partial charge in [0.15, 0.2) is 5.82 Å². The Morgan fingerprint density at radius 2 is 1.76 bits per heavy atom. The molecule has 0 bridgehead atoms. The topological polar surface area (TPSA) is 93.7 Å². The Morgan fingerprint density at radius 3 is 2.28 bits per heavy atom. The maximum atomic E-state index is 12.2. The number of ether oxygens (including phenoxy) is 3. The number of benzene rings is 1. The summed E-state index contributed by atoms with van der Waals surface area (Å²) in [5.74, 6) is 0.286. The molecule has 0 radical (unpaired) electrons. The SMILES string of the molecule is COC(=O)N(c1ccc(OC)cc1)c1cc(C(=O)OC(C)(C)C)[nH]n1. The van der Waals surface area contributed by atoms with Gasteiger partial charge < -0.3 is 14.2 Å². The first-order valence-electron chi connectivity index (χ1n) is 7.56. The number of amides is 1. The first-order valence-corrected chi connectivity index (χ1v) is 7.56. The normalized spacial score (nSPS) is 10.9. The molecule has 2 rings (SSSR count). The van der Waals surface area contributed by atoms with E-state index in [9.17, 15) is 9.59 Å². The summed E-state index contributed by atoms with van der Waals surface area (Å²) in [6.45, 7) is 5.29. The summed E-state index contributed by atoms with van der Waals surface area (Å²) in [6.07, 6.45) is -0.646. The second kappa shape index (κ2) is 7.25. The van der Waals surface area contributed by atoms with Crippen molar-refractivity contribution in [2.24, 2.45) is 0 Å². The largest absolute Gasteiger partial charge is 0.497 e. The van der Waals surface area contributed by atoms with Crippen molar-refractivity contribution in [2.45, 2.75) is 26.4 Å². The fourth-order valence-corrected chi connectivity index (χ4v) is 2.02. The number of methoxy groups -OCH3 is 2. The second-order valence-electron chi connectivity index (χ2n) is 6.15. The van der Waals surface area contributed by atoms with Gasteiger partial charge >= 0.3 is 12.1 Å². The van der Waals surface area contributed by atoms with Crippen molar-refractivity contribution in [3.8, 4) is 5.75 Å². The lowest BCUT2D eigenvalue weighted by atomic mass is 10.2. The maximum Gasteiger partial charge on any atom is 0.419 e. The first-order chi connectivity index (χ1) is 11.7. The van der Waals surface area contributed by atoms with E-state index in [0.29, 0.717) is 11.4 Å². The zero-order valence-electron chi connectivity index (χ0n) is 14.8. The molecule has 1 aromatic heterocycles. The van der Waals surface area contributed by atoms with Crippen LogP contribution in [0.5, 0.6) is 5.75 Å². The van der Waals surface area contributed by atoms with Gasteiger partial charge in [0.2, 0.25) is 0 Å². The Bertz CT molecular complexity index is 746. The molecule has 0 saturated carbocycles. The highest BCUT2D eigenvalue weighted by Gasteiger charge is 2.25. The number of anilines is 2. The first kappa shape index (κ1) is 18.3. The van der Waals surface area contributed by atoms with E-state index in [-0.39, 0.29) is 11.5 Å². The van der Waals surface area contributed by atoms with E-state index in [0.717, 1.165) is 0 Å². The lowest BCUT2D eigenvalue weighted by Crippen LogP contribution is -2.26. The Labute approximate surface area is 145 Å². The van der Waals surface area contributed by atoms with Crippen molar-refractivity contribution >= 4 is 23.6 Å². The van der Waals surface area contributed by atoms with Gasteiger partial charge in [-0.1, -0.05) is 0 Å². The summed E-state index contributed by atoms with van der Waals surface area (Å²) < 4.78 is 15.2. The van der Waals surface area contributed by atoms with Gasteiger partial charge in [0.05, 0.1) is 19.9 Å². The predicted octanol–water partition coefficient (Wildman–Crippen LogP) is 3.28. The molecule has 0 fully saturated rings. The highest BCUT2D eigenvalue weighted by molar-refractivity contribution is 5.96. The third-order valence-corrected chi connectivity index (χ3v) is 3.10. The van der Waals surface area contributed by atoms with Crippen LogP contribution in [0, 0.1) is 0 Å². The lowest BCUT2D eigenvalue weighted by Gasteiger charge is -2.19. The third kappa shape index (κ3) is 4.50. The monoisotopic (exact) mass is 347 g/mol. The van der Waals surface area contributed by atoms with Crippen molar-refractivity contribution in [3.05, 3.63) is 36.0 Å². The van der Waals surface area contributed by atoms with Crippen LogP contribution in [-0.4, -0.2) is 42.1 Å². The zero-order chi connectivity index (χ0) is 18.6. The average Bonchev–Trinajstić information content (AvgIpc) is 3.03. The van der Waals surface area contributed by atoms with Crippen LogP contribution in [0.25, 0.3) is 0 Å². The molecular weight excluding hydrogens is 326 g/mol. The number of aromatic amines is 1. The van der Waals surface area contributed by atoms with Crippen LogP contribution in [0.15, 0.2) is 30.3 Å². The molecule has 0 atom stereocenters. The summed E-state index contributed by atoms with van der Waals surface area (Å²) >= 11 is 0. The third-order valence-electron chi connectivity index (χ3n) is 3.10. The van der Waals surface area contributed by atoms with Gasteiger partial charge in [-0.25, -0.2) is 14.5 Å². The van der Waals surface area contributed by atoms with Crippen LogP contribution in [0.2, 0.25) is 0 Å². The number of esters is 1. The molecule has 1 heterocycles. The molecule has 1 N–H and O–H groups in total. The van der Waals surface area contributed by atoms with Crippen LogP contribution in [-0.2, 0) is 9.47 Å². The van der Waals surface area contributed by atoms with Gasteiger partial charge in [-0.05, 0) is 45.0 Å².